The molecule has 0 amide bonds. The number of aryl methyl sites for hydroxylation is 1. The van der Waals surface area contributed by atoms with Gasteiger partial charge in [0.25, 0.3) is 0 Å². The van der Waals surface area contributed by atoms with Crippen LogP contribution in [-0.2, 0) is 11.8 Å². The lowest BCUT2D eigenvalue weighted by molar-refractivity contribution is 0.568. The van der Waals surface area contributed by atoms with Crippen LogP contribution in [0.3, 0.4) is 0 Å². The van der Waals surface area contributed by atoms with E-state index in [-0.39, 0.29) is 5.41 Å². The van der Waals surface area contributed by atoms with Crippen molar-refractivity contribution in [3.63, 3.8) is 0 Å². The smallest absolute Gasteiger partial charge is 0.0643 e. The summed E-state index contributed by atoms with van der Waals surface area (Å²) in [7, 11) is 0. The van der Waals surface area contributed by atoms with Gasteiger partial charge in [0, 0.05) is 11.6 Å². The molecule has 0 aliphatic rings. The molecule has 0 N–H and O–H groups in total. The molecule has 0 radical (unpaired) electrons. The highest BCUT2D eigenvalue weighted by molar-refractivity contribution is 6.31. The van der Waals surface area contributed by atoms with Gasteiger partial charge in [-0.1, -0.05) is 39.3 Å². The summed E-state index contributed by atoms with van der Waals surface area (Å²) >= 11 is 6.13. The summed E-state index contributed by atoms with van der Waals surface area (Å²) in [5.74, 6) is 0. The van der Waals surface area contributed by atoms with Gasteiger partial charge in [0.05, 0.1) is 10.7 Å². The predicted molar refractivity (Wildman–Crippen MR) is 57.3 cm³/mol. The first-order valence-electron chi connectivity index (χ1n) is 4.60. The Morgan fingerprint density at radius 3 is 2.38 bits per heavy atom. The SMILES string of the molecule is CCc1cnc(C(C)(C)C)c(Cl)c1. The number of aromatic nitrogens is 1. The Hall–Kier alpha value is -0.560. The monoisotopic (exact) mass is 197 g/mol. The van der Waals surface area contributed by atoms with Crippen molar-refractivity contribution >= 4 is 11.6 Å². The molecule has 0 unspecified atom stereocenters. The van der Waals surface area contributed by atoms with Crippen LogP contribution in [0.4, 0.5) is 0 Å². The van der Waals surface area contributed by atoms with Gasteiger partial charge in [0.15, 0.2) is 0 Å². The van der Waals surface area contributed by atoms with Crippen LogP contribution in [0.15, 0.2) is 12.3 Å². The third-order valence-corrected chi connectivity index (χ3v) is 2.30. The number of rotatable bonds is 1. The molecule has 1 rings (SSSR count). The van der Waals surface area contributed by atoms with Crippen LogP contribution in [0.2, 0.25) is 5.02 Å². The summed E-state index contributed by atoms with van der Waals surface area (Å²) in [5, 5.41) is 0.784. The second kappa shape index (κ2) is 3.67. The first-order valence-corrected chi connectivity index (χ1v) is 4.98. The molecule has 13 heavy (non-hydrogen) atoms. The van der Waals surface area contributed by atoms with E-state index in [1.165, 1.54) is 5.56 Å². The van der Waals surface area contributed by atoms with Crippen molar-refractivity contribution < 1.29 is 0 Å². The second-order valence-electron chi connectivity index (χ2n) is 4.28. The lowest BCUT2D eigenvalue weighted by atomic mass is 9.91. The van der Waals surface area contributed by atoms with Crippen LogP contribution < -0.4 is 0 Å². The minimum absolute atomic E-state index is 0.0311. The zero-order valence-electron chi connectivity index (χ0n) is 8.69. The number of hydrogen-bond acceptors (Lipinski definition) is 1. The molecule has 1 aromatic heterocycles. The lowest BCUT2D eigenvalue weighted by Crippen LogP contribution is -2.14. The molecule has 1 heterocycles. The quantitative estimate of drug-likeness (QED) is 0.671. The van der Waals surface area contributed by atoms with E-state index in [0.717, 1.165) is 17.1 Å². The van der Waals surface area contributed by atoms with Gasteiger partial charge in [-0.05, 0) is 18.1 Å². The fourth-order valence-corrected chi connectivity index (χ4v) is 1.70. The average molecular weight is 198 g/mol. The van der Waals surface area contributed by atoms with Crippen molar-refractivity contribution in [2.75, 3.05) is 0 Å². The van der Waals surface area contributed by atoms with Crippen LogP contribution in [0.1, 0.15) is 39.0 Å². The van der Waals surface area contributed by atoms with Crippen LogP contribution >= 0.6 is 11.6 Å². The zero-order chi connectivity index (χ0) is 10.1. The maximum Gasteiger partial charge on any atom is 0.0643 e. The normalized spacial score (nSPS) is 11.8. The molecule has 0 spiro atoms. The van der Waals surface area contributed by atoms with Gasteiger partial charge >= 0.3 is 0 Å². The molecule has 0 saturated heterocycles. The van der Waals surface area contributed by atoms with E-state index in [1.54, 1.807) is 0 Å². The number of hydrogen-bond donors (Lipinski definition) is 0. The van der Waals surface area contributed by atoms with Gasteiger partial charge in [-0.25, -0.2) is 0 Å². The molecule has 1 nitrogen and oxygen atoms in total. The minimum atomic E-state index is 0.0311. The third-order valence-electron chi connectivity index (χ3n) is 2.02. The summed E-state index contributed by atoms with van der Waals surface area (Å²) < 4.78 is 0. The van der Waals surface area contributed by atoms with Crippen LogP contribution in [0.5, 0.6) is 0 Å². The van der Waals surface area contributed by atoms with Gasteiger partial charge in [-0.2, -0.15) is 0 Å². The summed E-state index contributed by atoms with van der Waals surface area (Å²) in [6, 6.07) is 2.01. The predicted octanol–water partition coefficient (Wildman–Crippen LogP) is 3.59. The van der Waals surface area contributed by atoms with Crippen LogP contribution in [0.25, 0.3) is 0 Å². The van der Waals surface area contributed by atoms with Crippen molar-refractivity contribution in [1.29, 1.82) is 0 Å². The molecule has 0 saturated carbocycles. The Kier molecular flexibility index (Phi) is 2.97. The third kappa shape index (κ3) is 2.44. The Bertz CT molecular complexity index is 299. The van der Waals surface area contributed by atoms with E-state index in [4.69, 9.17) is 11.6 Å². The average Bonchev–Trinajstić information content (AvgIpc) is 2.01. The highest BCUT2D eigenvalue weighted by Crippen LogP contribution is 2.27. The molecule has 0 aliphatic carbocycles. The maximum absolute atomic E-state index is 6.13. The van der Waals surface area contributed by atoms with Gasteiger partial charge in [-0.15, -0.1) is 0 Å². The lowest BCUT2D eigenvalue weighted by Gasteiger charge is -2.19. The van der Waals surface area contributed by atoms with Crippen molar-refractivity contribution in [1.82, 2.24) is 4.98 Å². The van der Waals surface area contributed by atoms with Crippen molar-refractivity contribution in [2.45, 2.75) is 39.5 Å². The molecule has 1 aromatic rings. The molecule has 0 aliphatic heterocycles. The number of halogens is 1. The Morgan fingerprint density at radius 2 is 2.00 bits per heavy atom. The van der Waals surface area contributed by atoms with Gasteiger partial charge < -0.3 is 0 Å². The molecule has 0 aromatic carbocycles. The van der Waals surface area contributed by atoms with E-state index in [0.29, 0.717) is 0 Å². The molecule has 0 atom stereocenters. The van der Waals surface area contributed by atoms with Crippen LogP contribution in [0, 0.1) is 0 Å². The van der Waals surface area contributed by atoms with Crippen LogP contribution in [-0.4, -0.2) is 4.98 Å². The van der Waals surface area contributed by atoms with Gasteiger partial charge in [0.2, 0.25) is 0 Å². The van der Waals surface area contributed by atoms with Gasteiger partial charge in [0.1, 0.15) is 0 Å². The van der Waals surface area contributed by atoms with Gasteiger partial charge in [-0.3, -0.25) is 4.98 Å². The van der Waals surface area contributed by atoms with E-state index >= 15 is 0 Å². The first kappa shape index (κ1) is 10.5. The van der Waals surface area contributed by atoms with E-state index in [2.05, 4.69) is 32.7 Å². The van der Waals surface area contributed by atoms with E-state index in [9.17, 15) is 0 Å². The highest BCUT2D eigenvalue weighted by atomic mass is 35.5. The second-order valence-corrected chi connectivity index (χ2v) is 4.68. The number of pyridine rings is 1. The van der Waals surface area contributed by atoms with E-state index < -0.39 is 0 Å². The fourth-order valence-electron chi connectivity index (χ4n) is 1.22. The van der Waals surface area contributed by atoms with Crippen molar-refractivity contribution in [3.8, 4) is 0 Å². The zero-order valence-corrected chi connectivity index (χ0v) is 9.44. The first-order chi connectivity index (χ1) is 5.95. The topological polar surface area (TPSA) is 12.9 Å². The fraction of sp³-hybridized carbons (Fsp3) is 0.545. The summed E-state index contributed by atoms with van der Waals surface area (Å²) in [5.41, 5.74) is 2.20. The van der Waals surface area contributed by atoms with Crippen molar-refractivity contribution in [2.24, 2.45) is 0 Å². The molecular weight excluding hydrogens is 182 g/mol. The number of nitrogens with zero attached hydrogens (tertiary/aromatic N) is 1. The van der Waals surface area contributed by atoms with Crippen molar-refractivity contribution in [3.05, 3.63) is 28.5 Å². The molecule has 0 bridgehead atoms. The standard InChI is InChI=1S/C11H16ClN/c1-5-8-6-9(12)10(13-7-8)11(2,3)4/h6-7H,5H2,1-4H3. The Labute approximate surface area is 85.1 Å². The molecular formula is C11H16ClN. The molecule has 2 heteroatoms. The maximum atomic E-state index is 6.13. The largest absolute Gasteiger partial charge is 0.259 e. The Morgan fingerprint density at radius 1 is 1.38 bits per heavy atom. The molecule has 0 fully saturated rings. The summed E-state index contributed by atoms with van der Waals surface area (Å²) in [6.07, 6.45) is 2.89. The summed E-state index contributed by atoms with van der Waals surface area (Å²) in [4.78, 5) is 4.39. The van der Waals surface area contributed by atoms with E-state index in [1.807, 2.05) is 12.3 Å². The highest BCUT2D eigenvalue weighted by Gasteiger charge is 2.18. The Balaban J connectivity index is 3.13. The minimum Gasteiger partial charge on any atom is -0.259 e. The molecule has 72 valence electrons. The summed E-state index contributed by atoms with van der Waals surface area (Å²) in [6.45, 7) is 8.45.